The zero-order chi connectivity index (χ0) is 13.8. The zero-order valence-electron chi connectivity index (χ0n) is 12.8. The van der Waals surface area contributed by atoms with Crippen LogP contribution in [0.5, 0.6) is 0 Å². The molecule has 2 aliphatic rings. The molecule has 1 atom stereocenters. The van der Waals surface area contributed by atoms with Gasteiger partial charge in [-0.2, -0.15) is 5.10 Å². The van der Waals surface area contributed by atoms with Crippen LogP contribution in [0.3, 0.4) is 0 Å². The molecule has 0 bridgehead atoms. The Bertz CT molecular complexity index is 414. The number of aromatic nitrogens is 3. The Labute approximate surface area is 122 Å². The molecule has 4 heteroatoms. The van der Waals surface area contributed by atoms with Crippen molar-refractivity contribution in [3.05, 3.63) is 11.6 Å². The number of hydrogen-bond acceptors (Lipinski definition) is 3. The lowest BCUT2D eigenvalue weighted by molar-refractivity contribution is 0.379. The van der Waals surface area contributed by atoms with E-state index in [2.05, 4.69) is 17.5 Å². The molecule has 1 aromatic rings. The van der Waals surface area contributed by atoms with Gasteiger partial charge in [-0.3, -0.25) is 4.68 Å². The van der Waals surface area contributed by atoms with Gasteiger partial charge in [-0.05, 0) is 38.6 Å². The van der Waals surface area contributed by atoms with Crippen molar-refractivity contribution in [3.8, 4) is 0 Å². The third-order valence-corrected chi connectivity index (χ3v) is 4.97. The van der Waals surface area contributed by atoms with Crippen LogP contribution in [0.1, 0.15) is 75.4 Å². The monoisotopic (exact) mass is 276 g/mol. The quantitative estimate of drug-likeness (QED) is 0.919. The van der Waals surface area contributed by atoms with E-state index >= 15 is 0 Å². The molecule has 0 spiro atoms. The highest BCUT2D eigenvalue weighted by atomic mass is 15.3. The maximum atomic E-state index is 4.84. The van der Waals surface area contributed by atoms with E-state index in [0.29, 0.717) is 12.0 Å². The van der Waals surface area contributed by atoms with Crippen LogP contribution in [0.15, 0.2) is 0 Å². The molecule has 0 aromatic carbocycles. The maximum absolute atomic E-state index is 4.84. The van der Waals surface area contributed by atoms with Gasteiger partial charge in [0, 0.05) is 25.4 Å². The summed E-state index contributed by atoms with van der Waals surface area (Å²) in [5.74, 6) is 2.91. The average molecular weight is 276 g/mol. The van der Waals surface area contributed by atoms with Crippen LogP contribution >= 0.6 is 0 Å². The average Bonchev–Trinajstić information content (AvgIpc) is 2.88. The summed E-state index contributed by atoms with van der Waals surface area (Å²) in [5, 5.41) is 8.30. The van der Waals surface area contributed by atoms with Gasteiger partial charge in [-0.25, -0.2) is 4.98 Å². The molecule has 1 saturated carbocycles. The summed E-state index contributed by atoms with van der Waals surface area (Å²) in [6.07, 6.45) is 13.0. The second-order valence-electron chi connectivity index (χ2n) is 6.53. The lowest BCUT2D eigenvalue weighted by atomic mass is 9.89. The third-order valence-electron chi connectivity index (χ3n) is 4.97. The number of aryl methyl sites for hydroxylation is 2. The van der Waals surface area contributed by atoms with Gasteiger partial charge in [0.2, 0.25) is 0 Å². The second-order valence-corrected chi connectivity index (χ2v) is 6.53. The van der Waals surface area contributed by atoms with Gasteiger partial charge < -0.3 is 5.32 Å². The number of hydrogen-bond donors (Lipinski definition) is 1. The largest absolute Gasteiger partial charge is 0.314 e. The molecule has 20 heavy (non-hydrogen) atoms. The van der Waals surface area contributed by atoms with Crippen molar-refractivity contribution < 1.29 is 0 Å². The molecule has 0 radical (unpaired) electrons. The molecule has 0 amide bonds. The minimum atomic E-state index is 0.622. The number of nitrogens with one attached hydrogen (secondary N) is 1. The standard InChI is InChI=1S/C16H28N4/c1-20-15(11-10-14-9-5-6-12-17-14)18-16(19-20)13-7-3-2-4-8-13/h13-14,17H,2-12H2,1H3. The fraction of sp³-hybridized carbons (Fsp3) is 0.875. The van der Waals surface area contributed by atoms with Gasteiger partial charge >= 0.3 is 0 Å². The van der Waals surface area contributed by atoms with E-state index in [9.17, 15) is 0 Å². The highest BCUT2D eigenvalue weighted by molar-refractivity contribution is 5.01. The molecule has 2 heterocycles. The smallest absolute Gasteiger partial charge is 0.154 e. The number of nitrogens with zero attached hydrogens (tertiary/aromatic N) is 3. The van der Waals surface area contributed by atoms with E-state index in [1.54, 1.807) is 0 Å². The Morgan fingerprint density at radius 1 is 1.10 bits per heavy atom. The lowest BCUT2D eigenvalue weighted by Gasteiger charge is -2.23. The minimum absolute atomic E-state index is 0.622. The predicted octanol–water partition coefficient (Wildman–Crippen LogP) is 2.94. The van der Waals surface area contributed by atoms with E-state index in [1.165, 1.54) is 70.2 Å². The van der Waals surface area contributed by atoms with Crippen molar-refractivity contribution in [3.63, 3.8) is 0 Å². The highest BCUT2D eigenvalue weighted by Gasteiger charge is 2.21. The first-order valence-corrected chi connectivity index (χ1v) is 8.46. The molecule has 1 saturated heterocycles. The molecule has 1 aliphatic heterocycles. The van der Waals surface area contributed by atoms with Gasteiger partial charge in [0.05, 0.1) is 0 Å². The van der Waals surface area contributed by atoms with Crippen LogP contribution in [-0.2, 0) is 13.5 Å². The lowest BCUT2D eigenvalue weighted by Crippen LogP contribution is -2.34. The first-order valence-electron chi connectivity index (χ1n) is 8.46. The summed E-state index contributed by atoms with van der Waals surface area (Å²) in [6, 6.07) is 0.693. The Balaban J connectivity index is 1.57. The summed E-state index contributed by atoms with van der Waals surface area (Å²) in [4.78, 5) is 4.84. The first-order chi connectivity index (χ1) is 9.83. The zero-order valence-corrected chi connectivity index (χ0v) is 12.8. The SMILES string of the molecule is Cn1nc(C2CCCCC2)nc1CCC1CCCCN1. The molecule has 1 N–H and O–H groups in total. The Morgan fingerprint density at radius 3 is 2.65 bits per heavy atom. The van der Waals surface area contributed by atoms with Gasteiger partial charge in [0.15, 0.2) is 5.82 Å². The van der Waals surface area contributed by atoms with E-state index in [1.807, 2.05) is 4.68 Å². The summed E-state index contributed by atoms with van der Waals surface area (Å²) in [5.41, 5.74) is 0. The molecule has 4 nitrogen and oxygen atoms in total. The van der Waals surface area contributed by atoms with Crippen molar-refractivity contribution in [1.29, 1.82) is 0 Å². The Hall–Kier alpha value is -0.900. The molecule has 112 valence electrons. The molecule has 1 aromatic heterocycles. The van der Waals surface area contributed by atoms with E-state index < -0.39 is 0 Å². The fourth-order valence-corrected chi connectivity index (χ4v) is 3.66. The van der Waals surface area contributed by atoms with E-state index in [-0.39, 0.29) is 0 Å². The Morgan fingerprint density at radius 2 is 1.90 bits per heavy atom. The molecule has 1 aliphatic carbocycles. The van der Waals surface area contributed by atoms with Crippen LogP contribution in [0.4, 0.5) is 0 Å². The van der Waals surface area contributed by atoms with Crippen molar-refractivity contribution >= 4 is 0 Å². The minimum Gasteiger partial charge on any atom is -0.314 e. The van der Waals surface area contributed by atoms with Crippen LogP contribution in [0, 0.1) is 0 Å². The molecular weight excluding hydrogens is 248 g/mol. The molecule has 2 fully saturated rings. The van der Waals surface area contributed by atoms with E-state index in [0.717, 1.165) is 12.2 Å². The van der Waals surface area contributed by atoms with Crippen molar-refractivity contribution in [2.75, 3.05) is 6.54 Å². The maximum Gasteiger partial charge on any atom is 0.154 e. The Kier molecular flexibility index (Phi) is 4.71. The van der Waals surface area contributed by atoms with Crippen molar-refractivity contribution in [2.24, 2.45) is 7.05 Å². The van der Waals surface area contributed by atoms with Crippen LogP contribution < -0.4 is 5.32 Å². The predicted molar refractivity (Wildman–Crippen MR) is 80.8 cm³/mol. The first kappa shape index (κ1) is 14.1. The van der Waals surface area contributed by atoms with Crippen LogP contribution in [0.25, 0.3) is 0 Å². The van der Waals surface area contributed by atoms with Crippen LogP contribution in [-0.4, -0.2) is 27.4 Å². The third kappa shape index (κ3) is 3.40. The van der Waals surface area contributed by atoms with E-state index in [4.69, 9.17) is 4.98 Å². The molecule has 3 rings (SSSR count). The van der Waals surface area contributed by atoms with Crippen molar-refractivity contribution in [1.82, 2.24) is 20.1 Å². The number of rotatable bonds is 4. The normalized spacial score (nSPS) is 24.9. The van der Waals surface area contributed by atoms with Gasteiger partial charge in [0.25, 0.3) is 0 Å². The summed E-state index contributed by atoms with van der Waals surface area (Å²) in [6.45, 7) is 1.19. The van der Waals surface area contributed by atoms with Crippen molar-refractivity contribution in [2.45, 2.75) is 76.2 Å². The van der Waals surface area contributed by atoms with Gasteiger partial charge in [-0.1, -0.05) is 25.7 Å². The highest BCUT2D eigenvalue weighted by Crippen LogP contribution is 2.30. The molecule has 1 unspecified atom stereocenters. The van der Waals surface area contributed by atoms with Gasteiger partial charge in [0.1, 0.15) is 5.82 Å². The molecular formula is C16H28N4. The summed E-state index contributed by atoms with van der Waals surface area (Å²) in [7, 11) is 2.06. The topological polar surface area (TPSA) is 42.7 Å². The number of piperidine rings is 1. The van der Waals surface area contributed by atoms with Crippen LogP contribution in [0.2, 0.25) is 0 Å². The van der Waals surface area contributed by atoms with Gasteiger partial charge in [-0.15, -0.1) is 0 Å². The fourth-order valence-electron chi connectivity index (χ4n) is 3.66. The summed E-state index contributed by atoms with van der Waals surface area (Å²) < 4.78 is 2.02. The second kappa shape index (κ2) is 6.70. The summed E-state index contributed by atoms with van der Waals surface area (Å²) >= 11 is 0.